The van der Waals surface area contributed by atoms with Gasteiger partial charge in [-0.25, -0.2) is 4.99 Å². The first-order chi connectivity index (χ1) is 12.1. The van der Waals surface area contributed by atoms with Gasteiger partial charge in [0.2, 0.25) is 0 Å². The molecule has 0 bridgehead atoms. The second-order valence-corrected chi connectivity index (χ2v) is 6.08. The first-order valence-electron chi connectivity index (χ1n) is 8.15. The second kappa shape index (κ2) is 7.03. The Labute approximate surface area is 147 Å². The molecular weight excluding hydrogens is 318 g/mol. The van der Waals surface area contributed by atoms with E-state index in [4.69, 9.17) is 15.2 Å². The van der Waals surface area contributed by atoms with Gasteiger partial charge in [-0.1, -0.05) is 24.3 Å². The number of benzene rings is 2. The second-order valence-electron chi connectivity index (χ2n) is 6.08. The standard InChI is InChI=1S/C19H23N3O3/c1-24-16-8-7-14(11-17(16)25-2)22-18(20)21-12-19(23)10-9-13-5-3-4-6-15(13)19/h3-8,11,23H,9-10,12H2,1-2H3,(H3,20,21,22). The zero-order valence-electron chi connectivity index (χ0n) is 14.5. The number of rotatable bonds is 5. The minimum absolute atomic E-state index is 0.218. The van der Waals surface area contributed by atoms with E-state index < -0.39 is 5.60 Å². The number of hydrogen-bond acceptors (Lipinski definition) is 4. The van der Waals surface area contributed by atoms with Crippen molar-refractivity contribution < 1.29 is 14.6 Å². The molecule has 0 aromatic heterocycles. The molecule has 0 fully saturated rings. The van der Waals surface area contributed by atoms with Gasteiger partial charge in [0.25, 0.3) is 0 Å². The molecule has 0 spiro atoms. The van der Waals surface area contributed by atoms with E-state index in [9.17, 15) is 5.11 Å². The minimum atomic E-state index is -0.958. The van der Waals surface area contributed by atoms with Crippen molar-refractivity contribution in [2.45, 2.75) is 18.4 Å². The summed E-state index contributed by atoms with van der Waals surface area (Å²) in [5.74, 6) is 1.48. The molecule has 4 N–H and O–H groups in total. The topological polar surface area (TPSA) is 89.1 Å². The fourth-order valence-electron chi connectivity index (χ4n) is 3.15. The van der Waals surface area contributed by atoms with Crippen LogP contribution in [0.25, 0.3) is 0 Å². The maximum atomic E-state index is 10.9. The van der Waals surface area contributed by atoms with Crippen molar-refractivity contribution in [3.8, 4) is 11.5 Å². The van der Waals surface area contributed by atoms with Gasteiger partial charge in [-0.05, 0) is 36.1 Å². The molecule has 0 amide bonds. The van der Waals surface area contributed by atoms with Gasteiger partial charge in [0.1, 0.15) is 5.60 Å². The Morgan fingerprint density at radius 3 is 2.72 bits per heavy atom. The number of aliphatic hydroxyl groups is 1. The third-order valence-corrected chi connectivity index (χ3v) is 4.49. The average Bonchev–Trinajstić information content (AvgIpc) is 2.98. The number of fused-ring (bicyclic) bond motifs is 1. The third kappa shape index (κ3) is 3.53. The average molecular weight is 341 g/mol. The lowest BCUT2D eigenvalue weighted by molar-refractivity contribution is 0.0487. The van der Waals surface area contributed by atoms with Crippen LogP contribution in [0.3, 0.4) is 0 Å². The molecule has 0 heterocycles. The van der Waals surface area contributed by atoms with Crippen LogP contribution in [-0.4, -0.2) is 31.8 Å². The Bertz CT molecular complexity index is 791. The van der Waals surface area contributed by atoms with E-state index in [1.165, 1.54) is 5.56 Å². The molecule has 1 aliphatic rings. The highest BCUT2D eigenvalue weighted by Crippen LogP contribution is 2.37. The number of aliphatic imine (C=N–C) groups is 1. The van der Waals surface area contributed by atoms with Crippen LogP contribution >= 0.6 is 0 Å². The van der Waals surface area contributed by atoms with Crippen LogP contribution < -0.4 is 20.5 Å². The van der Waals surface area contributed by atoms with Crippen LogP contribution in [0.5, 0.6) is 11.5 Å². The van der Waals surface area contributed by atoms with E-state index in [0.29, 0.717) is 17.9 Å². The lowest BCUT2D eigenvalue weighted by Crippen LogP contribution is -2.30. The molecule has 6 nitrogen and oxygen atoms in total. The molecule has 0 aliphatic heterocycles. The van der Waals surface area contributed by atoms with E-state index in [1.807, 2.05) is 30.3 Å². The van der Waals surface area contributed by atoms with Gasteiger partial charge in [-0.3, -0.25) is 0 Å². The number of methoxy groups -OCH3 is 2. The highest BCUT2D eigenvalue weighted by Gasteiger charge is 2.36. The molecule has 0 radical (unpaired) electrons. The van der Waals surface area contributed by atoms with E-state index in [0.717, 1.165) is 17.7 Å². The predicted octanol–water partition coefficient (Wildman–Crippen LogP) is 2.26. The van der Waals surface area contributed by atoms with Gasteiger partial charge in [0.15, 0.2) is 17.5 Å². The van der Waals surface area contributed by atoms with E-state index in [-0.39, 0.29) is 12.5 Å². The predicted molar refractivity (Wildman–Crippen MR) is 98.3 cm³/mol. The molecule has 132 valence electrons. The van der Waals surface area contributed by atoms with Gasteiger partial charge in [0, 0.05) is 11.8 Å². The van der Waals surface area contributed by atoms with Crippen LogP contribution in [0, 0.1) is 0 Å². The first-order valence-corrected chi connectivity index (χ1v) is 8.15. The fraction of sp³-hybridized carbons (Fsp3) is 0.316. The summed E-state index contributed by atoms with van der Waals surface area (Å²) in [4.78, 5) is 4.33. The number of aryl methyl sites for hydroxylation is 1. The quantitative estimate of drug-likeness (QED) is 0.573. The zero-order valence-corrected chi connectivity index (χ0v) is 14.5. The summed E-state index contributed by atoms with van der Waals surface area (Å²) >= 11 is 0. The molecule has 1 atom stereocenters. The van der Waals surface area contributed by atoms with Crippen LogP contribution in [0.2, 0.25) is 0 Å². The van der Waals surface area contributed by atoms with Crippen molar-refractivity contribution >= 4 is 11.6 Å². The number of nitrogens with one attached hydrogen (secondary N) is 1. The summed E-state index contributed by atoms with van der Waals surface area (Å²) in [6.45, 7) is 0.218. The summed E-state index contributed by atoms with van der Waals surface area (Å²) in [6, 6.07) is 13.3. The van der Waals surface area contributed by atoms with E-state index >= 15 is 0 Å². The van der Waals surface area contributed by atoms with Crippen molar-refractivity contribution in [2.75, 3.05) is 26.1 Å². The Hall–Kier alpha value is -2.73. The zero-order chi connectivity index (χ0) is 17.9. The number of guanidine groups is 1. The summed E-state index contributed by atoms with van der Waals surface area (Å²) < 4.78 is 10.5. The smallest absolute Gasteiger partial charge is 0.193 e. The summed E-state index contributed by atoms with van der Waals surface area (Å²) in [5.41, 5.74) is 7.87. The Morgan fingerprint density at radius 2 is 1.96 bits per heavy atom. The molecule has 2 aromatic carbocycles. The minimum Gasteiger partial charge on any atom is -0.493 e. The number of nitrogens with two attached hydrogens (primary N) is 1. The number of nitrogens with zero attached hydrogens (tertiary/aromatic N) is 1. The van der Waals surface area contributed by atoms with Gasteiger partial charge in [-0.15, -0.1) is 0 Å². The summed E-state index contributed by atoms with van der Waals surface area (Å²) in [5, 5.41) is 13.9. The molecule has 0 saturated heterocycles. The third-order valence-electron chi connectivity index (χ3n) is 4.49. The number of anilines is 1. The van der Waals surface area contributed by atoms with Gasteiger partial charge < -0.3 is 25.6 Å². The van der Waals surface area contributed by atoms with Gasteiger partial charge >= 0.3 is 0 Å². The maximum Gasteiger partial charge on any atom is 0.193 e. The highest BCUT2D eigenvalue weighted by molar-refractivity contribution is 5.92. The van der Waals surface area contributed by atoms with E-state index in [2.05, 4.69) is 10.3 Å². The van der Waals surface area contributed by atoms with Crippen molar-refractivity contribution in [1.82, 2.24) is 0 Å². The molecule has 0 saturated carbocycles. The van der Waals surface area contributed by atoms with Crippen LogP contribution in [0.15, 0.2) is 47.5 Å². The van der Waals surface area contributed by atoms with Gasteiger partial charge in [0.05, 0.1) is 20.8 Å². The monoisotopic (exact) mass is 341 g/mol. The molecule has 1 aliphatic carbocycles. The Kier molecular flexibility index (Phi) is 4.81. The Morgan fingerprint density at radius 1 is 1.20 bits per heavy atom. The van der Waals surface area contributed by atoms with E-state index in [1.54, 1.807) is 26.4 Å². The molecule has 2 aromatic rings. The van der Waals surface area contributed by atoms with Gasteiger partial charge in [-0.2, -0.15) is 0 Å². The molecule has 6 heteroatoms. The largest absolute Gasteiger partial charge is 0.493 e. The summed E-state index contributed by atoms with van der Waals surface area (Å²) in [7, 11) is 3.16. The normalized spacial score (nSPS) is 19.4. The van der Waals surface area contributed by atoms with Crippen LogP contribution in [0.4, 0.5) is 5.69 Å². The Balaban J connectivity index is 1.71. The van der Waals surface area contributed by atoms with Crippen molar-refractivity contribution in [3.05, 3.63) is 53.6 Å². The van der Waals surface area contributed by atoms with Crippen LogP contribution in [0.1, 0.15) is 17.5 Å². The van der Waals surface area contributed by atoms with Crippen molar-refractivity contribution in [1.29, 1.82) is 0 Å². The van der Waals surface area contributed by atoms with Crippen LogP contribution in [-0.2, 0) is 12.0 Å². The lowest BCUT2D eigenvalue weighted by Gasteiger charge is -2.22. The molecular formula is C19H23N3O3. The number of hydrogen-bond donors (Lipinski definition) is 3. The molecule has 25 heavy (non-hydrogen) atoms. The SMILES string of the molecule is COc1ccc(NC(N)=NCC2(O)CCc3ccccc32)cc1OC. The maximum absolute atomic E-state index is 10.9. The van der Waals surface area contributed by atoms with Crippen molar-refractivity contribution in [3.63, 3.8) is 0 Å². The fourth-order valence-corrected chi connectivity index (χ4v) is 3.15. The molecule has 3 rings (SSSR count). The first kappa shape index (κ1) is 17.1. The lowest BCUT2D eigenvalue weighted by atomic mass is 9.96. The van der Waals surface area contributed by atoms with Crippen molar-refractivity contribution in [2.24, 2.45) is 10.7 Å². The summed E-state index contributed by atoms with van der Waals surface area (Å²) in [6.07, 6.45) is 1.50. The number of ether oxygens (including phenoxy) is 2. The highest BCUT2D eigenvalue weighted by atomic mass is 16.5. The molecule has 1 unspecified atom stereocenters.